The molecule has 2 N–H and O–H groups in total. The number of nitrogens with zero attached hydrogens (tertiary/aromatic N) is 2. The monoisotopic (exact) mass is 405 g/mol. The van der Waals surface area contributed by atoms with Crippen molar-refractivity contribution in [2.75, 3.05) is 17.2 Å². The van der Waals surface area contributed by atoms with Gasteiger partial charge in [-0.2, -0.15) is 4.98 Å². The second kappa shape index (κ2) is 4.99. The van der Waals surface area contributed by atoms with Crippen molar-refractivity contribution in [2.45, 2.75) is 12.3 Å². The van der Waals surface area contributed by atoms with Gasteiger partial charge in [0, 0.05) is 15.2 Å². The van der Waals surface area contributed by atoms with Crippen LogP contribution >= 0.6 is 22.6 Å². The van der Waals surface area contributed by atoms with Crippen molar-refractivity contribution in [3.8, 4) is 11.5 Å². The van der Waals surface area contributed by atoms with Crippen LogP contribution in [0.2, 0.25) is 0 Å². The first-order chi connectivity index (χ1) is 9.44. The lowest BCUT2D eigenvalue weighted by Gasteiger charge is -2.01. The van der Waals surface area contributed by atoms with E-state index < -0.39 is 9.84 Å². The third-order valence-corrected chi connectivity index (χ3v) is 5.72. The van der Waals surface area contributed by atoms with Gasteiger partial charge in [0.15, 0.2) is 15.7 Å². The van der Waals surface area contributed by atoms with Crippen LogP contribution in [0.4, 0.5) is 5.69 Å². The maximum absolute atomic E-state index is 11.5. The SMILES string of the molecule is Nc1ccc(I)cc1-c1nc(C2CCS(=O)(=O)C2)no1. The van der Waals surface area contributed by atoms with Gasteiger partial charge in [-0.1, -0.05) is 5.16 Å². The molecule has 1 aromatic carbocycles. The summed E-state index contributed by atoms with van der Waals surface area (Å²) in [7, 11) is -2.96. The summed E-state index contributed by atoms with van der Waals surface area (Å²) in [6.07, 6.45) is 0.545. The second-order valence-electron chi connectivity index (χ2n) is 4.79. The summed E-state index contributed by atoms with van der Waals surface area (Å²) in [5.74, 6) is 0.877. The molecule has 1 aliphatic heterocycles. The first-order valence-electron chi connectivity index (χ1n) is 6.04. The van der Waals surface area contributed by atoms with Gasteiger partial charge < -0.3 is 10.3 Å². The zero-order valence-electron chi connectivity index (χ0n) is 10.4. The molecule has 0 amide bonds. The summed E-state index contributed by atoms with van der Waals surface area (Å²) in [5.41, 5.74) is 7.13. The van der Waals surface area contributed by atoms with Crippen molar-refractivity contribution in [1.82, 2.24) is 10.1 Å². The first-order valence-corrected chi connectivity index (χ1v) is 8.94. The Morgan fingerprint density at radius 1 is 1.40 bits per heavy atom. The highest BCUT2D eigenvalue weighted by atomic mass is 127. The molecule has 20 heavy (non-hydrogen) atoms. The van der Waals surface area contributed by atoms with E-state index >= 15 is 0 Å². The quantitative estimate of drug-likeness (QED) is 0.605. The molecule has 1 unspecified atom stereocenters. The highest BCUT2D eigenvalue weighted by Crippen LogP contribution is 2.31. The van der Waals surface area contributed by atoms with E-state index in [-0.39, 0.29) is 17.4 Å². The third kappa shape index (κ3) is 2.66. The Hall–Kier alpha value is -1.16. The van der Waals surface area contributed by atoms with Crippen molar-refractivity contribution in [1.29, 1.82) is 0 Å². The average molecular weight is 405 g/mol. The fourth-order valence-corrected chi connectivity index (χ4v) is 4.45. The molecule has 2 aromatic rings. The third-order valence-electron chi connectivity index (χ3n) is 3.29. The lowest BCUT2D eigenvalue weighted by atomic mass is 10.1. The summed E-state index contributed by atoms with van der Waals surface area (Å²) in [5, 5.41) is 3.90. The fourth-order valence-electron chi connectivity index (χ4n) is 2.22. The molecule has 0 bridgehead atoms. The van der Waals surface area contributed by atoms with Crippen LogP contribution in [0, 0.1) is 3.57 Å². The van der Waals surface area contributed by atoms with Crippen LogP contribution in [-0.2, 0) is 9.84 Å². The predicted octanol–water partition coefficient (Wildman–Crippen LogP) is 1.83. The van der Waals surface area contributed by atoms with E-state index in [1.807, 2.05) is 12.1 Å². The molecule has 1 atom stereocenters. The van der Waals surface area contributed by atoms with Crippen LogP contribution in [0.25, 0.3) is 11.5 Å². The smallest absolute Gasteiger partial charge is 0.260 e. The van der Waals surface area contributed by atoms with Crippen molar-refractivity contribution in [2.24, 2.45) is 0 Å². The maximum atomic E-state index is 11.5. The number of sulfone groups is 1. The van der Waals surface area contributed by atoms with Gasteiger partial charge in [-0.25, -0.2) is 8.42 Å². The normalized spacial score (nSPS) is 21.1. The molecule has 106 valence electrons. The van der Waals surface area contributed by atoms with Gasteiger partial charge in [0.2, 0.25) is 0 Å². The maximum Gasteiger partial charge on any atom is 0.260 e. The predicted molar refractivity (Wildman–Crippen MR) is 82.9 cm³/mol. The van der Waals surface area contributed by atoms with E-state index in [2.05, 4.69) is 32.7 Å². The lowest BCUT2D eigenvalue weighted by molar-refractivity contribution is 0.418. The van der Waals surface area contributed by atoms with E-state index in [0.717, 1.165) is 3.57 Å². The summed E-state index contributed by atoms with van der Waals surface area (Å²) >= 11 is 2.17. The highest BCUT2D eigenvalue weighted by molar-refractivity contribution is 14.1. The van der Waals surface area contributed by atoms with Crippen LogP contribution in [-0.4, -0.2) is 30.1 Å². The van der Waals surface area contributed by atoms with E-state index in [9.17, 15) is 8.42 Å². The summed E-state index contributed by atoms with van der Waals surface area (Å²) < 4.78 is 29.2. The van der Waals surface area contributed by atoms with Gasteiger partial charge in [0.1, 0.15) is 0 Å². The fraction of sp³-hybridized carbons (Fsp3) is 0.333. The molecule has 1 saturated heterocycles. The van der Waals surface area contributed by atoms with Crippen molar-refractivity contribution in [3.63, 3.8) is 0 Å². The Morgan fingerprint density at radius 3 is 2.90 bits per heavy atom. The van der Waals surface area contributed by atoms with Crippen LogP contribution in [0.3, 0.4) is 0 Å². The standard InChI is InChI=1S/C12H12IN3O3S/c13-8-1-2-10(14)9(5-8)12-15-11(16-19-12)7-3-4-20(17,18)6-7/h1-2,5,7H,3-4,6,14H2. The van der Waals surface area contributed by atoms with Crippen molar-refractivity contribution < 1.29 is 12.9 Å². The molecule has 1 aromatic heterocycles. The molecule has 2 heterocycles. The number of anilines is 1. The van der Waals surface area contributed by atoms with Crippen molar-refractivity contribution >= 4 is 38.1 Å². The number of halogens is 1. The number of rotatable bonds is 2. The number of benzene rings is 1. The first kappa shape index (κ1) is 13.8. The van der Waals surface area contributed by atoms with Gasteiger partial charge in [0.25, 0.3) is 5.89 Å². The Bertz CT molecular complexity index is 757. The van der Waals surface area contributed by atoms with E-state index in [1.165, 1.54) is 0 Å². The Balaban J connectivity index is 1.93. The molecule has 0 radical (unpaired) electrons. The van der Waals surface area contributed by atoms with Crippen LogP contribution in [0.15, 0.2) is 22.7 Å². The van der Waals surface area contributed by atoms with E-state index in [1.54, 1.807) is 6.07 Å². The largest absolute Gasteiger partial charge is 0.398 e. The molecule has 0 aliphatic carbocycles. The summed E-state index contributed by atoms with van der Waals surface area (Å²) in [4.78, 5) is 4.30. The zero-order chi connectivity index (χ0) is 14.3. The molecule has 3 rings (SSSR count). The molecule has 6 nitrogen and oxygen atoms in total. The zero-order valence-corrected chi connectivity index (χ0v) is 13.4. The number of nitrogen functional groups attached to an aromatic ring is 1. The van der Waals surface area contributed by atoms with E-state index in [0.29, 0.717) is 29.4 Å². The average Bonchev–Trinajstić information content (AvgIpc) is 2.98. The van der Waals surface area contributed by atoms with Gasteiger partial charge in [-0.3, -0.25) is 0 Å². The number of aromatic nitrogens is 2. The van der Waals surface area contributed by atoms with Crippen LogP contribution in [0.5, 0.6) is 0 Å². The summed E-state index contributed by atoms with van der Waals surface area (Å²) in [6, 6.07) is 5.53. The number of nitrogens with two attached hydrogens (primary N) is 1. The molecular weight excluding hydrogens is 393 g/mol. The number of hydrogen-bond acceptors (Lipinski definition) is 6. The molecule has 0 saturated carbocycles. The lowest BCUT2D eigenvalue weighted by Crippen LogP contribution is -2.05. The minimum absolute atomic E-state index is 0.0911. The Labute approximate surface area is 129 Å². The molecule has 1 fully saturated rings. The Kier molecular flexibility index (Phi) is 3.44. The van der Waals surface area contributed by atoms with E-state index in [4.69, 9.17) is 10.3 Å². The minimum atomic E-state index is -2.96. The second-order valence-corrected chi connectivity index (χ2v) is 8.26. The molecule has 1 aliphatic rings. The molecule has 8 heteroatoms. The van der Waals surface area contributed by atoms with Gasteiger partial charge in [-0.05, 0) is 47.2 Å². The van der Waals surface area contributed by atoms with Crippen LogP contribution in [0.1, 0.15) is 18.2 Å². The van der Waals surface area contributed by atoms with Gasteiger partial charge in [0.05, 0.1) is 17.1 Å². The van der Waals surface area contributed by atoms with Crippen molar-refractivity contribution in [3.05, 3.63) is 27.6 Å². The Morgan fingerprint density at radius 2 is 2.20 bits per heavy atom. The highest BCUT2D eigenvalue weighted by Gasteiger charge is 2.32. The molecule has 0 spiro atoms. The number of hydrogen-bond donors (Lipinski definition) is 1. The topological polar surface area (TPSA) is 99.1 Å². The van der Waals surface area contributed by atoms with Gasteiger partial charge >= 0.3 is 0 Å². The summed E-state index contributed by atoms with van der Waals surface area (Å²) in [6.45, 7) is 0. The molecular formula is C12H12IN3O3S. The van der Waals surface area contributed by atoms with Crippen LogP contribution < -0.4 is 5.73 Å². The van der Waals surface area contributed by atoms with Gasteiger partial charge in [-0.15, -0.1) is 0 Å². The minimum Gasteiger partial charge on any atom is -0.398 e.